The number of hydrogen-bond donors (Lipinski definition) is 0. The average Bonchev–Trinajstić information content (AvgIpc) is 1.45. The molecule has 0 spiro atoms. The summed E-state index contributed by atoms with van der Waals surface area (Å²) in [6, 6.07) is 74.2. The van der Waals surface area contributed by atoms with E-state index in [0.717, 1.165) is 90.2 Å². The summed E-state index contributed by atoms with van der Waals surface area (Å²) in [7, 11) is 0. The monoisotopic (exact) mass is 1410 g/mol. The lowest BCUT2D eigenvalue weighted by Crippen LogP contribution is -2.25. The van der Waals surface area contributed by atoms with Crippen molar-refractivity contribution in [1.29, 1.82) is 0 Å². The second-order valence-electron chi connectivity index (χ2n) is 29.8. The highest BCUT2D eigenvalue weighted by molar-refractivity contribution is 6.22. The lowest BCUT2D eigenvalue weighted by Gasteiger charge is -2.33. The molecule has 3 heteroatoms. The molecule has 0 saturated carbocycles. The SMILES string of the molecule is C#CC#CC#CC#CC#COc1ccc2c(-c3ccc4cc(N(c5ccc(C)cc5)c5ccc(-c6ccc7c(c6)C(CCCCCCCC)(CCCCCCCC)c6cc(C)ccc6-7)cc5)ccc4c3)c3cc(OCCCCCCCCCC)ccc3c(-c3ccc4cc(CCCCCC)ccc4c3)c2c1.[HH].[HH].[HH].[HH].[HH].[HH].[HH].[HH].[HH].[HH]. The number of unbranched alkanes of at least 4 members (excludes halogenated alkanes) is 20. The van der Waals surface area contributed by atoms with Gasteiger partial charge in [-0.25, -0.2) is 0 Å². The summed E-state index contributed by atoms with van der Waals surface area (Å²) >= 11 is 0. The molecule has 0 N–H and O–H groups in total. The molecule has 0 amide bonds. The van der Waals surface area contributed by atoms with Crippen LogP contribution in [-0.4, -0.2) is 6.61 Å². The molecule has 556 valence electrons. The Bertz CT molecular complexity index is 5180. The van der Waals surface area contributed by atoms with Crippen molar-refractivity contribution >= 4 is 60.2 Å². The molecule has 0 fully saturated rings. The Hall–Kier alpha value is -10.3. The van der Waals surface area contributed by atoms with Gasteiger partial charge in [-0.05, 0) is 259 Å². The van der Waals surface area contributed by atoms with Crippen molar-refractivity contribution in [3.63, 3.8) is 0 Å². The molecule has 1 aliphatic rings. The minimum absolute atomic E-state index is 0. The fraction of sp³-hybridized carbons (Fsp3) is 0.340. The van der Waals surface area contributed by atoms with E-state index in [1.807, 2.05) is 6.07 Å². The highest BCUT2D eigenvalue weighted by Gasteiger charge is 2.42. The summed E-state index contributed by atoms with van der Waals surface area (Å²) in [6.45, 7) is 14.3. The van der Waals surface area contributed by atoms with Gasteiger partial charge < -0.3 is 14.4 Å². The van der Waals surface area contributed by atoms with Crippen LogP contribution in [0.1, 0.15) is 237 Å². The first-order valence-corrected chi connectivity index (χ1v) is 40.3. The van der Waals surface area contributed by atoms with Gasteiger partial charge in [0.2, 0.25) is 0 Å². The van der Waals surface area contributed by atoms with E-state index < -0.39 is 0 Å². The Kier molecular flexibility index (Phi) is 27.1. The van der Waals surface area contributed by atoms with Gasteiger partial charge in [0.05, 0.1) is 6.61 Å². The number of anilines is 3. The Morgan fingerprint density at radius 2 is 0.802 bits per heavy atom. The van der Waals surface area contributed by atoms with Crippen LogP contribution in [0.5, 0.6) is 11.5 Å². The Morgan fingerprint density at radius 1 is 0.349 bits per heavy atom. The van der Waals surface area contributed by atoms with Gasteiger partial charge in [-0.1, -0.05) is 289 Å². The van der Waals surface area contributed by atoms with Gasteiger partial charge in [-0.3, -0.25) is 0 Å². The smallest absolute Gasteiger partial charge is 0.140 e. The number of ether oxygens (including phenoxy) is 2. The first kappa shape index (κ1) is 75.3. The van der Waals surface area contributed by atoms with E-state index in [1.165, 1.54) is 210 Å². The maximum absolute atomic E-state index is 6.76. The van der Waals surface area contributed by atoms with Gasteiger partial charge in [0.15, 0.2) is 0 Å². The van der Waals surface area contributed by atoms with Gasteiger partial charge in [0.1, 0.15) is 17.6 Å². The molecule has 0 aromatic heterocycles. The zero-order valence-corrected chi connectivity index (χ0v) is 64.1. The predicted octanol–water partition coefficient (Wildman–Crippen LogP) is 31.2. The van der Waals surface area contributed by atoms with Crippen LogP contribution in [0.15, 0.2) is 194 Å². The van der Waals surface area contributed by atoms with Crippen molar-refractivity contribution in [2.45, 2.75) is 220 Å². The Balaban J connectivity index is 0.00000456. The standard InChI is InChI=1S/C103H107NO2.10H2/c1-8-13-18-23-27-29-33-38-67-105-91-60-64-96-97(75-91)101(86-48-46-81-70-79(40-35-22-17-12-5)44-45-82(81)71-86)95-63-59-92(106-68-39-34-30-28-24-19-14-9-2)76-98(95)102(96)87-49-47-84-73-90(58-52-83(84)72-87)104(88-54-41-77(6)42-55-88)89-56-50-80(51-57-89)85-53-62-94-93-61-43-78(7)69-99(93)103(100(94)74-85,65-36-31-25-20-15-10-3)66-37-32-26-21-16-11-4;;;;;;;;;;/h1,41-64,69-76H,9-12,14-17,19-22,24-26,28,30-32,34-37,39-40,65-66,68H2,2-7H3;10*1H. The van der Waals surface area contributed by atoms with E-state index in [1.54, 1.807) is 11.1 Å². The number of rotatable bonds is 36. The lowest BCUT2D eigenvalue weighted by molar-refractivity contribution is 0.304. The second-order valence-corrected chi connectivity index (χ2v) is 29.8. The van der Waals surface area contributed by atoms with Gasteiger partial charge in [0, 0.05) is 60.4 Å². The molecule has 1 aliphatic carbocycles. The highest BCUT2D eigenvalue weighted by atomic mass is 16.5. The molecule has 0 saturated heterocycles. The normalized spacial score (nSPS) is 11.7. The predicted molar refractivity (Wildman–Crippen MR) is 477 cm³/mol. The minimum Gasteiger partial charge on any atom is -0.494 e. The van der Waals surface area contributed by atoms with E-state index in [4.69, 9.17) is 15.9 Å². The maximum Gasteiger partial charge on any atom is 0.140 e. The summed E-state index contributed by atoms with van der Waals surface area (Å²) in [5.74, 6) is 22.5. The van der Waals surface area contributed by atoms with E-state index in [-0.39, 0.29) is 19.7 Å². The third kappa shape index (κ3) is 18.6. The first-order chi connectivity index (χ1) is 52.2. The molecule has 0 radical (unpaired) electrons. The van der Waals surface area contributed by atoms with Crippen molar-refractivity contribution < 1.29 is 23.7 Å². The number of benzene rings is 11. The highest BCUT2D eigenvalue weighted by Crippen LogP contribution is 2.56. The summed E-state index contributed by atoms with van der Waals surface area (Å²) in [5, 5.41) is 9.15. The van der Waals surface area contributed by atoms with E-state index in [2.05, 4.69) is 288 Å². The van der Waals surface area contributed by atoms with Gasteiger partial charge in [-0.15, -0.1) is 6.42 Å². The zero-order valence-electron chi connectivity index (χ0n) is 64.1. The quantitative estimate of drug-likeness (QED) is 0.0222. The van der Waals surface area contributed by atoms with Crippen molar-refractivity contribution in [2.24, 2.45) is 0 Å². The lowest BCUT2D eigenvalue weighted by atomic mass is 9.70. The molecular formula is C103H127NO2. The number of terminal acetylenes is 1. The number of aryl methyl sites for hydroxylation is 3. The fourth-order valence-corrected chi connectivity index (χ4v) is 16.4. The van der Waals surface area contributed by atoms with E-state index >= 15 is 0 Å². The van der Waals surface area contributed by atoms with Gasteiger partial charge in [0.25, 0.3) is 0 Å². The third-order valence-corrected chi connectivity index (χ3v) is 22.1. The van der Waals surface area contributed by atoms with Crippen LogP contribution < -0.4 is 14.4 Å². The zero-order chi connectivity index (χ0) is 73.3. The van der Waals surface area contributed by atoms with E-state index in [0.29, 0.717) is 12.4 Å². The molecule has 0 bridgehead atoms. The van der Waals surface area contributed by atoms with Crippen molar-refractivity contribution in [1.82, 2.24) is 0 Å². The fourth-order valence-electron chi connectivity index (χ4n) is 16.4. The number of nitrogens with zero attached hydrogens (tertiary/aromatic N) is 1. The van der Waals surface area contributed by atoms with Gasteiger partial charge >= 0.3 is 0 Å². The van der Waals surface area contributed by atoms with Gasteiger partial charge in [-0.2, -0.15) is 0 Å². The topological polar surface area (TPSA) is 21.7 Å². The van der Waals surface area contributed by atoms with E-state index in [9.17, 15) is 0 Å². The molecule has 0 aliphatic heterocycles. The van der Waals surface area contributed by atoms with Crippen molar-refractivity contribution in [3.05, 3.63) is 222 Å². The number of fused-ring (bicyclic) bond motifs is 7. The molecule has 11 aromatic rings. The molecule has 0 unspecified atom stereocenters. The summed E-state index contributed by atoms with van der Waals surface area (Å²) < 4.78 is 13.0. The minimum atomic E-state index is 0. The molecule has 11 aromatic carbocycles. The van der Waals surface area contributed by atoms with Crippen LogP contribution in [-0.2, 0) is 11.8 Å². The second kappa shape index (κ2) is 38.1. The molecule has 0 atom stereocenters. The van der Waals surface area contributed by atoms with Crippen LogP contribution in [0, 0.1) is 73.7 Å². The summed E-state index contributed by atoms with van der Waals surface area (Å²) in [4.78, 5) is 2.42. The van der Waals surface area contributed by atoms with Crippen LogP contribution in [0.4, 0.5) is 17.1 Å². The van der Waals surface area contributed by atoms with Crippen LogP contribution in [0.3, 0.4) is 0 Å². The Labute approximate surface area is 650 Å². The van der Waals surface area contributed by atoms with Crippen molar-refractivity contribution in [2.75, 3.05) is 11.5 Å². The third-order valence-electron chi connectivity index (χ3n) is 22.1. The maximum atomic E-state index is 6.76. The first-order valence-electron chi connectivity index (χ1n) is 40.3. The van der Waals surface area contributed by atoms with Crippen LogP contribution in [0.25, 0.3) is 87.6 Å². The molecule has 3 nitrogen and oxygen atoms in total. The molecule has 12 rings (SSSR count). The molecular weight excluding hydrogens is 1280 g/mol. The number of hydrogen-bond acceptors (Lipinski definition) is 3. The molecule has 0 heterocycles. The Morgan fingerprint density at radius 3 is 1.42 bits per heavy atom. The summed E-state index contributed by atoms with van der Waals surface area (Å²) in [5.41, 5.74) is 20.3. The summed E-state index contributed by atoms with van der Waals surface area (Å²) in [6.07, 6.45) is 42.2. The average molecular weight is 1410 g/mol. The largest absolute Gasteiger partial charge is 0.494 e. The van der Waals surface area contributed by atoms with Crippen LogP contribution >= 0.6 is 0 Å². The van der Waals surface area contributed by atoms with Crippen LogP contribution in [0.2, 0.25) is 0 Å². The molecule has 106 heavy (non-hydrogen) atoms. The van der Waals surface area contributed by atoms with Crippen molar-refractivity contribution in [3.8, 4) is 116 Å².